The quantitative estimate of drug-likeness (QED) is 0.746. The van der Waals surface area contributed by atoms with E-state index in [1.54, 1.807) is 12.5 Å². The molecule has 0 saturated heterocycles. The second kappa shape index (κ2) is 6.72. The maximum Gasteiger partial charge on any atom is 0.224 e. The maximum absolute atomic E-state index is 12.4. The number of furan rings is 1. The average Bonchev–Trinajstić information content (AvgIpc) is 3.31. The summed E-state index contributed by atoms with van der Waals surface area (Å²) in [6, 6.07) is 9.36. The van der Waals surface area contributed by atoms with Crippen molar-refractivity contribution >= 4 is 16.9 Å². The first kappa shape index (κ1) is 15.9. The van der Waals surface area contributed by atoms with Crippen LogP contribution in [0.3, 0.4) is 0 Å². The molecule has 6 heteroatoms. The molecule has 1 amide bonds. The highest BCUT2D eigenvalue weighted by Gasteiger charge is 2.34. The smallest absolute Gasteiger partial charge is 0.224 e. The highest BCUT2D eigenvalue weighted by molar-refractivity contribution is 5.87. The van der Waals surface area contributed by atoms with Gasteiger partial charge in [-0.1, -0.05) is 18.2 Å². The molecule has 1 aliphatic carbocycles. The molecule has 6 nitrogen and oxygen atoms in total. The Labute approximate surface area is 145 Å². The number of carbonyl (C=O) groups excluding carboxylic acids is 1. The molecular weight excluding hydrogens is 318 g/mol. The molecule has 3 atom stereocenters. The second-order valence-electron chi connectivity index (χ2n) is 6.74. The summed E-state index contributed by atoms with van der Waals surface area (Å²) in [5, 5.41) is 18.4. The number of nitrogens with zero attached hydrogens (tertiary/aromatic N) is 2. The number of amides is 1. The topological polar surface area (TPSA) is 80.3 Å². The molecule has 130 valence electrons. The number of aromatic nitrogens is 2. The summed E-state index contributed by atoms with van der Waals surface area (Å²) in [6.45, 7) is 0.767. The Morgan fingerprint density at radius 1 is 1.32 bits per heavy atom. The predicted octanol–water partition coefficient (Wildman–Crippen LogP) is 2.13. The van der Waals surface area contributed by atoms with Crippen LogP contribution in [0.25, 0.3) is 11.0 Å². The van der Waals surface area contributed by atoms with Crippen LogP contribution in [0, 0.1) is 5.92 Å². The van der Waals surface area contributed by atoms with Gasteiger partial charge in [-0.05, 0) is 30.9 Å². The zero-order valence-corrected chi connectivity index (χ0v) is 13.8. The predicted molar refractivity (Wildman–Crippen MR) is 92.8 cm³/mol. The van der Waals surface area contributed by atoms with Crippen molar-refractivity contribution in [3.05, 3.63) is 54.6 Å². The average molecular weight is 339 g/mol. The lowest BCUT2D eigenvalue weighted by Crippen LogP contribution is -2.40. The van der Waals surface area contributed by atoms with Crippen molar-refractivity contribution < 1.29 is 14.3 Å². The van der Waals surface area contributed by atoms with E-state index in [9.17, 15) is 9.90 Å². The van der Waals surface area contributed by atoms with Crippen molar-refractivity contribution in [3.63, 3.8) is 0 Å². The Bertz CT molecular complexity index is 856. The Morgan fingerprint density at radius 2 is 2.20 bits per heavy atom. The molecule has 0 radical (unpaired) electrons. The third kappa shape index (κ3) is 3.44. The van der Waals surface area contributed by atoms with Crippen LogP contribution in [0.15, 0.2) is 53.4 Å². The van der Waals surface area contributed by atoms with Crippen molar-refractivity contribution in [3.8, 4) is 0 Å². The normalized spacial score (nSPS) is 23.2. The van der Waals surface area contributed by atoms with E-state index in [1.165, 1.54) is 0 Å². The van der Waals surface area contributed by atoms with Gasteiger partial charge in [0, 0.05) is 29.9 Å². The largest absolute Gasteiger partial charge is 0.464 e. The number of para-hydroxylation sites is 1. The molecule has 0 aliphatic heterocycles. The molecule has 2 N–H and O–H groups in total. The Kier molecular flexibility index (Phi) is 4.28. The molecule has 2 aromatic heterocycles. The van der Waals surface area contributed by atoms with Crippen LogP contribution >= 0.6 is 0 Å². The van der Waals surface area contributed by atoms with Crippen molar-refractivity contribution in [1.82, 2.24) is 15.1 Å². The zero-order chi connectivity index (χ0) is 17.2. The van der Waals surface area contributed by atoms with Crippen molar-refractivity contribution in [2.24, 2.45) is 5.92 Å². The number of carbonyl (C=O) groups is 1. The van der Waals surface area contributed by atoms with E-state index < -0.39 is 6.10 Å². The van der Waals surface area contributed by atoms with Crippen LogP contribution < -0.4 is 5.32 Å². The molecule has 1 aromatic carbocycles. The van der Waals surface area contributed by atoms with Gasteiger partial charge in [-0.3, -0.25) is 9.48 Å². The lowest BCUT2D eigenvalue weighted by Gasteiger charge is -2.16. The van der Waals surface area contributed by atoms with Crippen molar-refractivity contribution in [2.45, 2.75) is 38.0 Å². The van der Waals surface area contributed by atoms with E-state index in [0.29, 0.717) is 12.3 Å². The fraction of sp³-hybridized carbons (Fsp3) is 0.368. The molecule has 0 spiro atoms. The number of fused-ring (bicyclic) bond motifs is 1. The summed E-state index contributed by atoms with van der Waals surface area (Å²) in [5.74, 6) is 0.227. The summed E-state index contributed by atoms with van der Waals surface area (Å²) in [5.41, 5.74) is 1.65. The van der Waals surface area contributed by atoms with Crippen LogP contribution in [-0.2, 0) is 17.8 Å². The Morgan fingerprint density at radius 3 is 3.04 bits per heavy atom. The number of nitrogens with one attached hydrogen (secondary N) is 1. The molecule has 2 heterocycles. The van der Waals surface area contributed by atoms with Crippen LogP contribution in [-0.4, -0.2) is 32.9 Å². The highest BCUT2D eigenvalue weighted by atomic mass is 16.3. The molecular formula is C19H21N3O3. The van der Waals surface area contributed by atoms with E-state index in [2.05, 4.69) is 10.4 Å². The van der Waals surface area contributed by atoms with Gasteiger partial charge >= 0.3 is 0 Å². The van der Waals surface area contributed by atoms with Crippen LogP contribution in [0.4, 0.5) is 0 Å². The number of aliphatic hydroxyl groups is 1. The van der Waals surface area contributed by atoms with E-state index in [-0.39, 0.29) is 18.4 Å². The fourth-order valence-electron chi connectivity index (χ4n) is 3.70. The number of hydrogen-bond acceptors (Lipinski definition) is 4. The SMILES string of the molecule is O=C(Cc1coc2ccccc12)N[C@@H]1CC(Cn2cccn2)C[C@H]1O. The first-order chi connectivity index (χ1) is 12.2. The van der Waals surface area contributed by atoms with Gasteiger partial charge in [-0.25, -0.2) is 0 Å². The monoisotopic (exact) mass is 339 g/mol. The lowest BCUT2D eigenvalue weighted by molar-refractivity contribution is -0.121. The Balaban J connectivity index is 1.36. The summed E-state index contributed by atoms with van der Waals surface area (Å²) in [6.07, 6.45) is 6.49. The molecule has 1 aliphatic rings. The van der Waals surface area contributed by atoms with E-state index in [1.807, 2.05) is 41.2 Å². The molecule has 3 aromatic rings. The van der Waals surface area contributed by atoms with E-state index in [0.717, 1.165) is 29.5 Å². The summed E-state index contributed by atoms with van der Waals surface area (Å²) in [7, 11) is 0. The number of benzene rings is 1. The molecule has 0 bridgehead atoms. The van der Waals surface area contributed by atoms with Gasteiger partial charge in [-0.15, -0.1) is 0 Å². The highest BCUT2D eigenvalue weighted by Crippen LogP contribution is 2.28. The van der Waals surface area contributed by atoms with Gasteiger partial charge in [0.05, 0.1) is 24.8 Å². The van der Waals surface area contributed by atoms with Gasteiger partial charge in [0.1, 0.15) is 5.58 Å². The third-order valence-electron chi connectivity index (χ3n) is 4.89. The minimum Gasteiger partial charge on any atom is -0.464 e. The second-order valence-corrected chi connectivity index (χ2v) is 6.74. The zero-order valence-electron chi connectivity index (χ0n) is 13.8. The first-order valence-corrected chi connectivity index (χ1v) is 8.59. The van der Waals surface area contributed by atoms with Crippen LogP contribution in [0.1, 0.15) is 18.4 Å². The van der Waals surface area contributed by atoms with Gasteiger partial charge < -0.3 is 14.8 Å². The van der Waals surface area contributed by atoms with Gasteiger partial charge in [0.25, 0.3) is 0 Å². The first-order valence-electron chi connectivity index (χ1n) is 8.59. The lowest BCUT2D eigenvalue weighted by atomic mass is 10.1. The summed E-state index contributed by atoms with van der Waals surface area (Å²) in [4.78, 5) is 12.4. The third-order valence-corrected chi connectivity index (χ3v) is 4.89. The molecule has 25 heavy (non-hydrogen) atoms. The number of aliphatic hydroxyl groups excluding tert-OH is 1. The minimum atomic E-state index is -0.509. The molecule has 1 fully saturated rings. The summed E-state index contributed by atoms with van der Waals surface area (Å²) < 4.78 is 7.35. The standard InChI is InChI=1S/C19H21N3O3/c23-17-9-13(11-22-7-3-6-20-22)8-16(17)21-19(24)10-14-12-25-18-5-2-1-4-15(14)18/h1-7,12-13,16-17,23H,8-11H2,(H,21,24)/t13?,16-,17-/m1/s1. The number of rotatable bonds is 5. The van der Waals surface area contributed by atoms with Gasteiger partial charge in [-0.2, -0.15) is 5.10 Å². The van der Waals surface area contributed by atoms with Gasteiger partial charge in [0.2, 0.25) is 5.91 Å². The maximum atomic E-state index is 12.4. The molecule has 1 unspecified atom stereocenters. The van der Waals surface area contributed by atoms with E-state index >= 15 is 0 Å². The molecule has 1 saturated carbocycles. The fourth-order valence-corrected chi connectivity index (χ4v) is 3.70. The van der Waals surface area contributed by atoms with Crippen molar-refractivity contribution in [2.75, 3.05) is 0 Å². The molecule has 4 rings (SSSR count). The van der Waals surface area contributed by atoms with Crippen molar-refractivity contribution in [1.29, 1.82) is 0 Å². The van der Waals surface area contributed by atoms with Crippen LogP contribution in [0.5, 0.6) is 0 Å². The number of hydrogen-bond donors (Lipinski definition) is 2. The Hall–Kier alpha value is -2.60. The van der Waals surface area contributed by atoms with E-state index in [4.69, 9.17) is 4.42 Å². The van der Waals surface area contributed by atoms with Gasteiger partial charge in [0.15, 0.2) is 0 Å². The van der Waals surface area contributed by atoms with Crippen LogP contribution in [0.2, 0.25) is 0 Å². The minimum absolute atomic E-state index is 0.0876. The summed E-state index contributed by atoms with van der Waals surface area (Å²) >= 11 is 0.